The van der Waals surface area contributed by atoms with Crippen LogP contribution in [0.5, 0.6) is 0 Å². The van der Waals surface area contributed by atoms with Crippen LogP contribution >= 0.6 is 0 Å². The molecule has 3 rings (SSSR count). The molecule has 9 heteroatoms. The van der Waals surface area contributed by atoms with Crippen LogP contribution in [0.25, 0.3) is 0 Å². The SMILES string of the molecule is CN(C)C(=O)c1cccc(S(=O)(=O)NC(=O)C2COC3(CCNCC3)C2)c1. The molecule has 2 aliphatic rings. The molecule has 8 nitrogen and oxygen atoms in total. The number of carbonyl (C=O) groups excluding carboxylic acids is 2. The Kier molecular flexibility index (Phi) is 5.55. The van der Waals surface area contributed by atoms with Crippen molar-refractivity contribution >= 4 is 21.8 Å². The first kappa shape index (κ1) is 19.8. The highest BCUT2D eigenvalue weighted by Gasteiger charge is 2.44. The predicted molar refractivity (Wildman–Crippen MR) is 98.7 cm³/mol. The van der Waals surface area contributed by atoms with Crippen LogP contribution < -0.4 is 10.0 Å². The molecule has 2 heterocycles. The highest BCUT2D eigenvalue weighted by atomic mass is 32.2. The van der Waals surface area contributed by atoms with Crippen LogP contribution in [0.3, 0.4) is 0 Å². The second kappa shape index (κ2) is 7.57. The maximum absolute atomic E-state index is 12.6. The van der Waals surface area contributed by atoms with Gasteiger partial charge in [0.15, 0.2) is 0 Å². The smallest absolute Gasteiger partial charge is 0.264 e. The van der Waals surface area contributed by atoms with Crippen molar-refractivity contribution in [3.05, 3.63) is 29.8 Å². The van der Waals surface area contributed by atoms with Gasteiger partial charge in [-0.05, 0) is 50.6 Å². The number of nitrogens with one attached hydrogen (secondary N) is 2. The highest BCUT2D eigenvalue weighted by Crippen LogP contribution is 2.37. The van der Waals surface area contributed by atoms with Crippen molar-refractivity contribution in [3.8, 4) is 0 Å². The third-order valence-electron chi connectivity index (χ3n) is 5.13. The Bertz CT molecular complexity index is 831. The fourth-order valence-electron chi connectivity index (χ4n) is 3.57. The van der Waals surface area contributed by atoms with Crippen molar-refractivity contribution in [2.75, 3.05) is 33.8 Å². The maximum Gasteiger partial charge on any atom is 0.264 e. The third kappa shape index (κ3) is 4.31. The molecule has 1 aromatic carbocycles. The molecule has 148 valence electrons. The molecule has 2 saturated heterocycles. The minimum atomic E-state index is -4.06. The maximum atomic E-state index is 12.6. The molecule has 27 heavy (non-hydrogen) atoms. The number of rotatable bonds is 4. The monoisotopic (exact) mass is 395 g/mol. The first-order valence-electron chi connectivity index (χ1n) is 8.95. The summed E-state index contributed by atoms with van der Waals surface area (Å²) in [7, 11) is -0.889. The minimum Gasteiger partial charge on any atom is -0.374 e. The van der Waals surface area contributed by atoms with E-state index in [1.165, 1.54) is 29.2 Å². The van der Waals surface area contributed by atoms with Gasteiger partial charge in [0.25, 0.3) is 15.9 Å². The summed E-state index contributed by atoms with van der Waals surface area (Å²) in [5.74, 6) is -1.37. The van der Waals surface area contributed by atoms with Gasteiger partial charge in [0.05, 0.1) is 23.0 Å². The first-order chi connectivity index (χ1) is 12.7. The molecule has 0 saturated carbocycles. The van der Waals surface area contributed by atoms with Crippen LogP contribution in [-0.4, -0.2) is 64.5 Å². The molecule has 2 fully saturated rings. The number of carbonyl (C=O) groups is 2. The number of ether oxygens (including phenoxy) is 1. The standard InChI is InChI=1S/C18H25N3O5S/c1-21(2)17(23)13-4-3-5-15(10-13)27(24,25)20-16(22)14-11-18(26-12-14)6-8-19-9-7-18/h3-5,10,14,19H,6-9,11-12H2,1-2H3,(H,20,22). The Morgan fingerprint density at radius 2 is 1.96 bits per heavy atom. The molecule has 2 amide bonds. The predicted octanol–water partition coefficient (Wildman–Crippen LogP) is 0.352. The first-order valence-corrected chi connectivity index (χ1v) is 10.4. The van der Waals surface area contributed by atoms with E-state index in [1.54, 1.807) is 14.1 Å². The summed E-state index contributed by atoms with van der Waals surface area (Å²) in [5, 5.41) is 3.25. The van der Waals surface area contributed by atoms with E-state index in [2.05, 4.69) is 10.0 Å². The van der Waals surface area contributed by atoms with Crippen LogP contribution in [0.2, 0.25) is 0 Å². The van der Waals surface area contributed by atoms with Gasteiger partial charge in [-0.1, -0.05) is 6.07 Å². The van der Waals surface area contributed by atoms with Gasteiger partial charge in [-0.3, -0.25) is 9.59 Å². The van der Waals surface area contributed by atoms with Crippen molar-refractivity contribution in [1.29, 1.82) is 0 Å². The summed E-state index contributed by atoms with van der Waals surface area (Å²) in [5.41, 5.74) is -0.0807. The summed E-state index contributed by atoms with van der Waals surface area (Å²) in [6, 6.07) is 5.66. The quantitative estimate of drug-likeness (QED) is 0.762. The van der Waals surface area contributed by atoms with Gasteiger partial charge in [-0.25, -0.2) is 13.1 Å². The lowest BCUT2D eigenvalue weighted by Crippen LogP contribution is -2.42. The molecular formula is C18H25N3O5S. The van der Waals surface area contributed by atoms with Gasteiger partial charge in [-0.15, -0.1) is 0 Å². The Morgan fingerprint density at radius 1 is 1.26 bits per heavy atom. The second-order valence-corrected chi connectivity index (χ2v) is 9.02. The van der Waals surface area contributed by atoms with E-state index in [-0.39, 0.29) is 28.6 Å². The molecule has 1 spiro atoms. The zero-order valence-electron chi connectivity index (χ0n) is 15.5. The van der Waals surface area contributed by atoms with Gasteiger partial charge in [0, 0.05) is 19.7 Å². The van der Waals surface area contributed by atoms with Crippen molar-refractivity contribution in [3.63, 3.8) is 0 Å². The highest BCUT2D eigenvalue weighted by molar-refractivity contribution is 7.90. The minimum absolute atomic E-state index is 0.112. The summed E-state index contributed by atoms with van der Waals surface area (Å²) >= 11 is 0. The summed E-state index contributed by atoms with van der Waals surface area (Å²) in [4.78, 5) is 25.8. The zero-order chi connectivity index (χ0) is 19.7. The molecule has 0 radical (unpaired) electrons. The van der Waals surface area contributed by atoms with E-state index in [1.807, 2.05) is 0 Å². The number of piperidine rings is 1. The molecule has 2 N–H and O–H groups in total. The van der Waals surface area contributed by atoms with E-state index in [4.69, 9.17) is 4.74 Å². The average Bonchev–Trinajstić information content (AvgIpc) is 3.05. The fourth-order valence-corrected chi connectivity index (χ4v) is 4.66. The van der Waals surface area contributed by atoms with E-state index < -0.39 is 21.8 Å². The Labute approximate surface area is 159 Å². The largest absolute Gasteiger partial charge is 0.374 e. The van der Waals surface area contributed by atoms with Crippen molar-refractivity contribution in [1.82, 2.24) is 14.9 Å². The summed E-state index contributed by atoms with van der Waals surface area (Å²) < 4.78 is 33.2. The number of hydrogen-bond acceptors (Lipinski definition) is 6. The zero-order valence-corrected chi connectivity index (χ0v) is 16.3. The van der Waals surface area contributed by atoms with E-state index in [9.17, 15) is 18.0 Å². The van der Waals surface area contributed by atoms with Crippen LogP contribution in [-0.2, 0) is 19.6 Å². The molecule has 2 aliphatic heterocycles. The van der Waals surface area contributed by atoms with E-state index in [0.29, 0.717) is 6.42 Å². The normalized spacial score (nSPS) is 21.8. The Balaban J connectivity index is 1.70. The average molecular weight is 395 g/mol. The number of sulfonamides is 1. The lowest BCUT2D eigenvalue weighted by molar-refractivity contribution is -0.123. The van der Waals surface area contributed by atoms with Crippen LogP contribution in [0.1, 0.15) is 29.6 Å². The Hall–Kier alpha value is -1.97. The van der Waals surface area contributed by atoms with Gasteiger partial charge >= 0.3 is 0 Å². The number of benzene rings is 1. The number of hydrogen-bond donors (Lipinski definition) is 2. The number of amides is 2. The van der Waals surface area contributed by atoms with Crippen LogP contribution in [0.15, 0.2) is 29.2 Å². The molecular weight excluding hydrogens is 370 g/mol. The van der Waals surface area contributed by atoms with Gasteiger partial charge in [0.2, 0.25) is 5.91 Å². The van der Waals surface area contributed by atoms with Crippen molar-refractivity contribution in [2.24, 2.45) is 5.92 Å². The molecule has 1 atom stereocenters. The van der Waals surface area contributed by atoms with Crippen molar-refractivity contribution < 1.29 is 22.7 Å². The molecule has 1 aromatic rings. The molecule has 0 aliphatic carbocycles. The van der Waals surface area contributed by atoms with Gasteiger partial charge in [0.1, 0.15) is 0 Å². The van der Waals surface area contributed by atoms with Crippen molar-refractivity contribution in [2.45, 2.75) is 29.8 Å². The lowest BCUT2D eigenvalue weighted by Gasteiger charge is -2.32. The fraction of sp³-hybridized carbons (Fsp3) is 0.556. The van der Waals surface area contributed by atoms with Crippen LogP contribution in [0.4, 0.5) is 0 Å². The van der Waals surface area contributed by atoms with Gasteiger partial charge in [-0.2, -0.15) is 0 Å². The van der Waals surface area contributed by atoms with E-state index in [0.717, 1.165) is 25.9 Å². The molecule has 1 unspecified atom stereocenters. The molecule has 0 aromatic heterocycles. The number of nitrogens with zero attached hydrogens (tertiary/aromatic N) is 1. The summed E-state index contributed by atoms with van der Waals surface area (Å²) in [6.07, 6.45) is 2.16. The Morgan fingerprint density at radius 3 is 2.63 bits per heavy atom. The van der Waals surface area contributed by atoms with E-state index >= 15 is 0 Å². The third-order valence-corrected chi connectivity index (χ3v) is 6.47. The summed E-state index contributed by atoms with van der Waals surface area (Å²) in [6.45, 7) is 1.89. The topological polar surface area (TPSA) is 105 Å². The lowest BCUT2D eigenvalue weighted by atomic mass is 9.86. The molecule has 0 bridgehead atoms. The van der Waals surface area contributed by atoms with Crippen LogP contribution in [0, 0.1) is 5.92 Å². The second-order valence-electron chi connectivity index (χ2n) is 7.34. The van der Waals surface area contributed by atoms with Gasteiger partial charge < -0.3 is 15.0 Å².